The molecule has 0 saturated carbocycles. The summed E-state index contributed by atoms with van der Waals surface area (Å²) in [5, 5.41) is 14.8. The van der Waals surface area contributed by atoms with Crippen LogP contribution in [0.15, 0.2) is 0 Å². The summed E-state index contributed by atoms with van der Waals surface area (Å²) in [5.74, 6) is -0.0935. The maximum atomic E-state index is 11.5. The summed E-state index contributed by atoms with van der Waals surface area (Å²) >= 11 is 0. The van der Waals surface area contributed by atoms with Crippen LogP contribution in [-0.2, 0) is 9.53 Å². The summed E-state index contributed by atoms with van der Waals surface area (Å²) in [4.78, 5) is 22.9. The van der Waals surface area contributed by atoms with Gasteiger partial charge in [0.2, 0.25) is 5.91 Å². The van der Waals surface area contributed by atoms with Crippen LogP contribution in [0.4, 0.5) is 4.79 Å². The molecule has 0 radical (unpaired) electrons. The molecule has 0 aliphatic heterocycles. The molecule has 130 valence electrons. The average Bonchev–Trinajstić information content (AvgIpc) is 2.41. The molecule has 1 atom stereocenters. The fraction of sp³-hybridized carbons (Fsp3) is 0.867. The molecule has 0 aromatic heterocycles. The van der Waals surface area contributed by atoms with E-state index in [1.807, 2.05) is 0 Å². The minimum absolute atomic E-state index is 0.0334. The Morgan fingerprint density at radius 3 is 2.27 bits per heavy atom. The number of amides is 2. The molecule has 5 N–H and O–H groups in total. The van der Waals surface area contributed by atoms with Crippen molar-refractivity contribution in [3.8, 4) is 0 Å². The van der Waals surface area contributed by atoms with Crippen molar-refractivity contribution >= 4 is 12.0 Å². The molecule has 2 amide bonds. The highest BCUT2D eigenvalue weighted by Gasteiger charge is 2.16. The molecule has 0 bridgehead atoms. The minimum Gasteiger partial charge on any atom is -0.444 e. The predicted octanol–water partition coefficient (Wildman–Crippen LogP) is 0.897. The number of carbonyl (C=O) groups is 2. The lowest BCUT2D eigenvalue weighted by Gasteiger charge is -2.20. The fourth-order valence-electron chi connectivity index (χ4n) is 1.69. The van der Waals surface area contributed by atoms with Crippen LogP contribution in [0.2, 0.25) is 0 Å². The van der Waals surface area contributed by atoms with E-state index in [-0.39, 0.29) is 19.0 Å². The van der Waals surface area contributed by atoms with Crippen LogP contribution in [-0.4, -0.2) is 48.4 Å². The SMILES string of the molecule is CC(C)(C)OC(=O)NCC(O)CNC(=O)CCCCCCN. The van der Waals surface area contributed by atoms with Gasteiger partial charge in [0.1, 0.15) is 5.60 Å². The first-order chi connectivity index (χ1) is 10.2. The van der Waals surface area contributed by atoms with Gasteiger partial charge in [-0.1, -0.05) is 12.8 Å². The molecule has 0 aliphatic rings. The van der Waals surface area contributed by atoms with Gasteiger partial charge in [0.25, 0.3) is 0 Å². The van der Waals surface area contributed by atoms with E-state index in [1.165, 1.54) is 0 Å². The maximum absolute atomic E-state index is 11.5. The fourth-order valence-corrected chi connectivity index (χ4v) is 1.69. The Morgan fingerprint density at radius 1 is 1.09 bits per heavy atom. The Morgan fingerprint density at radius 2 is 1.68 bits per heavy atom. The number of nitrogens with one attached hydrogen (secondary N) is 2. The number of hydrogen-bond acceptors (Lipinski definition) is 5. The molecule has 0 fully saturated rings. The Balaban J connectivity index is 3.65. The summed E-state index contributed by atoms with van der Waals surface area (Å²) in [6, 6.07) is 0. The summed E-state index contributed by atoms with van der Waals surface area (Å²) in [7, 11) is 0. The van der Waals surface area contributed by atoms with E-state index in [0.717, 1.165) is 25.7 Å². The van der Waals surface area contributed by atoms with Crippen molar-refractivity contribution in [1.29, 1.82) is 0 Å². The number of ether oxygens (including phenoxy) is 1. The predicted molar refractivity (Wildman–Crippen MR) is 85.4 cm³/mol. The molecular formula is C15H31N3O4. The highest BCUT2D eigenvalue weighted by atomic mass is 16.6. The zero-order valence-corrected chi connectivity index (χ0v) is 14.0. The average molecular weight is 317 g/mol. The van der Waals surface area contributed by atoms with E-state index in [0.29, 0.717) is 13.0 Å². The molecule has 7 nitrogen and oxygen atoms in total. The van der Waals surface area contributed by atoms with E-state index in [9.17, 15) is 14.7 Å². The first kappa shape index (κ1) is 20.7. The molecule has 1 unspecified atom stereocenters. The Hall–Kier alpha value is -1.34. The van der Waals surface area contributed by atoms with E-state index >= 15 is 0 Å². The van der Waals surface area contributed by atoms with Gasteiger partial charge in [0, 0.05) is 19.5 Å². The molecule has 22 heavy (non-hydrogen) atoms. The van der Waals surface area contributed by atoms with Crippen molar-refractivity contribution in [2.24, 2.45) is 5.73 Å². The van der Waals surface area contributed by atoms with Gasteiger partial charge in [-0.15, -0.1) is 0 Å². The highest BCUT2D eigenvalue weighted by molar-refractivity contribution is 5.75. The van der Waals surface area contributed by atoms with Gasteiger partial charge in [-0.05, 0) is 40.2 Å². The largest absolute Gasteiger partial charge is 0.444 e. The standard InChI is InChI=1S/C15H31N3O4/c1-15(2,3)22-14(21)18-11-12(19)10-17-13(20)8-6-4-5-7-9-16/h12,19H,4-11,16H2,1-3H3,(H,17,20)(H,18,21). The third-order valence-electron chi connectivity index (χ3n) is 2.77. The number of nitrogens with two attached hydrogens (primary N) is 1. The maximum Gasteiger partial charge on any atom is 0.407 e. The van der Waals surface area contributed by atoms with E-state index in [4.69, 9.17) is 10.5 Å². The van der Waals surface area contributed by atoms with E-state index < -0.39 is 17.8 Å². The molecule has 0 heterocycles. The van der Waals surface area contributed by atoms with Crippen LogP contribution in [0.3, 0.4) is 0 Å². The Bertz CT molecular complexity index is 329. The smallest absolute Gasteiger partial charge is 0.407 e. The summed E-state index contributed by atoms with van der Waals surface area (Å²) in [6.45, 7) is 6.11. The first-order valence-corrected chi connectivity index (χ1v) is 7.86. The number of carbonyl (C=O) groups excluding carboxylic acids is 2. The lowest BCUT2D eigenvalue weighted by atomic mass is 10.1. The minimum atomic E-state index is -0.839. The van der Waals surface area contributed by atoms with Gasteiger partial charge >= 0.3 is 6.09 Å². The molecule has 0 aliphatic carbocycles. The third-order valence-corrected chi connectivity index (χ3v) is 2.77. The Labute approximate surface area is 133 Å². The van der Waals surface area contributed by atoms with Gasteiger partial charge < -0.3 is 26.2 Å². The van der Waals surface area contributed by atoms with Gasteiger partial charge in [-0.25, -0.2) is 4.79 Å². The summed E-state index contributed by atoms with van der Waals surface area (Å²) < 4.78 is 5.04. The summed E-state index contributed by atoms with van der Waals surface area (Å²) in [5.41, 5.74) is 4.81. The lowest BCUT2D eigenvalue weighted by Crippen LogP contribution is -2.41. The van der Waals surface area contributed by atoms with Gasteiger partial charge in [0.05, 0.1) is 6.10 Å². The molecule has 0 rings (SSSR count). The Kier molecular flexibility index (Phi) is 10.6. The normalized spacial score (nSPS) is 12.6. The van der Waals surface area contributed by atoms with Crippen LogP contribution in [0.5, 0.6) is 0 Å². The number of hydrogen-bond donors (Lipinski definition) is 4. The van der Waals surface area contributed by atoms with Gasteiger partial charge in [-0.3, -0.25) is 4.79 Å². The van der Waals surface area contributed by atoms with Gasteiger partial charge in [0.15, 0.2) is 0 Å². The summed E-state index contributed by atoms with van der Waals surface area (Å²) in [6.07, 6.45) is 2.83. The number of aliphatic hydroxyl groups excluding tert-OH is 1. The van der Waals surface area contributed by atoms with Crippen molar-refractivity contribution in [2.75, 3.05) is 19.6 Å². The quantitative estimate of drug-likeness (QED) is 0.447. The van der Waals surface area contributed by atoms with Crippen LogP contribution < -0.4 is 16.4 Å². The van der Waals surface area contributed by atoms with Crippen LogP contribution in [0.1, 0.15) is 52.9 Å². The molecule has 0 aromatic carbocycles. The number of unbranched alkanes of at least 4 members (excludes halogenated alkanes) is 3. The van der Waals surface area contributed by atoms with Crippen LogP contribution in [0, 0.1) is 0 Å². The van der Waals surface area contributed by atoms with Crippen molar-refractivity contribution in [2.45, 2.75) is 64.6 Å². The van der Waals surface area contributed by atoms with Crippen molar-refractivity contribution < 1.29 is 19.4 Å². The van der Waals surface area contributed by atoms with Crippen molar-refractivity contribution in [3.63, 3.8) is 0 Å². The zero-order chi connectivity index (χ0) is 17.0. The lowest BCUT2D eigenvalue weighted by molar-refractivity contribution is -0.121. The molecule has 0 saturated heterocycles. The number of aliphatic hydroxyl groups is 1. The second-order valence-electron chi connectivity index (χ2n) is 6.29. The van der Waals surface area contributed by atoms with Crippen molar-refractivity contribution in [3.05, 3.63) is 0 Å². The first-order valence-electron chi connectivity index (χ1n) is 7.86. The topological polar surface area (TPSA) is 114 Å². The van der Waals surface area contributed by atoms with Gasteiger partial charge in [-0.2, -0.15) is 0 Å². The number of rotatable bonds is 10. The van der Waals surface area contributed by atoms with Crippen molar-refractivity contribution in [1.82, 2.24) is 10.6 Å². The highest BCUT2D eigenvalue weighted by Crippen LogP contribution is 2.06. The van der Waals surface area contributed by atoms with E-state index in [2.05, 4.69) is 10.6 Å². The molecular weight excluding hydrogens is 286 g/mol. The second-order valence-corrected chi connectivity index (χ2v) is 6.29. The third kappa shape index (κ3) is 13.6. The van der Waals surface area contributed by atoms with Crippen LogP contribution >= 0.6 is 0 Å². The molecule has 7 heteroatoms. The zero-order valence-electron chi connectivity index (χ0n) is 14.0. The molecule has 0 spiro atoms. The second kappa shape index (κ2) is 11.3. The molecule has 0 aromatic rings. The van der Waals surface area contributed by atoms with Crippen LogP contribution in [0.25, 0.3) is 0 Å². The monoisotopic (exact) mass is 317 g/mol. The number of alkyl carbamates (subject to hydrolysis) is 1. The van der Waals surface area contributed by atoms with E-state index in [1.54, 1.807) is 20.8 Å².